The predicted octanol–water partition coefficient (Wildman–Crippen LogP) is -0.948. The fraction of sp³-hybridized carbons (Fsp3) is 0.167. The van der Waals surface area contributed by atoms with Crippen LogP contribution in [0.1, 0.15) is 10.5 Å². The second-order valence-corrected chi connectivity index (χ2v) is 2.01. The van der Waals surface area contributed by atoms with Gasteiger partial charge in [-0.05, 0) is 0 Å². The van der Waals surface area contributed by atoms with Crippen molar-refractivity contribution in [3.63, 3.8) is 0 Å². The molecule has 6 heteroatoms. The molecule has 0 saturated carbocycles. The Bertz CT molecular complexity index is 280. The zero-order valence-corrected chi connectivity index (χ0v) is 6.11. The van der Waals surface area contributed by atoms with Crippen LogP contribution in [-0.4, -0.2) is 28.5 Å². The monoisotopic (exact) mass is 169 g/mol. The average molecular weight is 169 g/mol. The van der Waals surface area contributed by atoms with E-state index in [0.717, 1.165) is 0 Å². The number of ether oxygens (including phenoxy) is 1. The lowest BCUT2D eigenvalue weighted by Crippen LogP contribution is -2.21. The lowest BCUT2D eigenvalue weighted by Gasteiger charge is -1.97. The summed E-state index contributed by atoms with van der Waals surface area (Å²) >= 11 is 0. The van der Waals surface area contributed by atoms with Crippen molar-refractivity contribution < 1.29 is 14.3 Å². The maximum Gasteiger partial charge on any atom is 0.356 e. The molecule has 1 rings (SSSR count). The van der Waals surface area contributed by atoms with Crippen molar-refractivity contribution in [2.24, 2.45) is 5.73 Å². The Morgan fingerprint density at radius 2 is 2.42 bits per heavy atom. The van der Waals surface area contributed by atoms with Crippen LogP contribution >= 0.6 is 0 Å². The Labute approximate surface area is 67.7 Å². The molecule has 6 nitrogen and oxygen atoms in total. The van der Waals surface area contributed by atoms with E-state index in [-0.39, 0.29) is 5.69 Å². The molecule has 0 bridgehead atoms. The lowest BCUT2D eigenvalue weighted by atomic mass is 10.5. The molecule has 1 aromatic rings. The standard InChI is InChI=1S/C6H7N3O3/c7-5(10)2-12-6(11)4-1-8-3-9-4/h1,3H,2H2,(H2,7,10)(H,8,9). The van der Waals surface area contributed by atoms with E-state index in [1.165, 1.54) is 12.5 Å². The molecule has 0 atom stereocenters. The average Bonchev–Trinajstić information content (AvgIpc) is 2.51. The molecule has 0 radical (unpaired) electrons. The number of hydrogen-bond acceptors (Lipinski definition) is 4. The molecule has 12 heavy (non-hydrogen) atoms. The molecule has 0 saturated heterocycles. The summed E-state index contributed by atoms with van der Waals surface area (Å²) in [6.07, 6.45) is 2.63. The van der Waals surface area contributed by atoms with Gasteiger partial charge < -0.3 is 15.5 Å². The van der Waals surface area contributed by atoms with Crippen LogP contribution in [0.2, 0.25) is 0 Å². The van der Waals surface area contributed by atoms with Gasteiger partial charge in [0.25, 0.3) is 5.91 Å². The van der Waals surface area contributed by atoms with Crippen molar-refractivity contribution in [3.05, 3.63) is 18.2 Å². The van der Waals surface area contributed by atoms with Gasteiger partial charge in [0.15, 0.2) is 6.61 Å². The zero-order chi connectivity index (χ0) is 8.97. The molecular formula is C6H7N3O3. The van der Waals surface area contributed by atoms with Gasteiger partial charge in [0.1, 0.15) is 5.69 Å². The fourth-order valence-corrected chi connectivity index (χ4v) is 0.582. The largest absolute Gasteiger partial charge is 0.451 e. The quantitative estimate of drug-likeness (QED) is 0.570. The molecule has 64 valence electrons. The first-order valence-corrected chi connectivity index (χ1v) is 3.14. The molecule has 0 fully saturated rings. The number of aromatic nitrogens is 2. The van der Waals surface area contributed by atoms with E-state index in [1.807, 2.05) is 0 Å². The first-order chi connectivity index (χ1) is 5.70. The van der Waals surface area contributed by atoms with E-state index in [0.29, 0.717) is 0 Å². The lowest BCUT2D eigenvalue weighted by molar-refractivity contribution is -0.121. The smallest absolute Gasteiger partial charge is 0.356 e. The van der Waals surface area contributed by atoms with Crippen LogP contribution in [0.15, 0.2) is 12.5 Å². The van der Waals surface area contributed by atoms with E-state index in [1.54, 1.807) is 0 Å². The number of H-pyrrole nitrogens is 1. The zero-order valence-electron chi connectivity index (χ0n) is 6.11. The van der Waals surface area contributed by atoms with Gasteiger partial charge in [-0.2, -0.15) is 0 Å². The van der Waals surface area contributed by atoms with Crippen LogP contribution in [-0.2, 0) is 9.53 Å². The highest BCUT2D eigenvalue weighted by atomic mass is 16.5. The SMILES string of the molecule is NC(=O)COC(=O)c1cnc[nH]1. The van der Waals surface area contributed by atoms with Gasteiger partial charge in [-0.1, -0.05) is 0 Å². The summed E-state index contributed by atoms with van der Waals surface area (Å²) < 4.78 is 4.46. The third kappa shape index (κ3) is 2.08. The van der Waals surface area contributed by atoms with Gasteiger partial charge in [-0.15, -0.1) is 0 Å². The summed E-state index contributed by atoms with van der Waals surface area (Å²) in [5.41, 5.74) is 4.94. The molecule has 1 aromatic heterocycles. The number of esters is 1. The Balaban J connectivity index is 2.45. The summed E-state index contributed by atoms with van der Waals surface area (Å²) in [4.78, 5) is 27.2. The van der Waals surface area contributed by atoms with E-state index >= 15 is 0 Å². The predicted molar refractivity (Wildman–Crippen MR) is 38.1 cm³/mol. The van der Waals surface area contributed by atoms with Crippen LogP contribution in [0.3, 0.4) is 0 Å². The number of amides is 1. The number of aromatic amines is 1. The fourth-order valence-electron chi connectivity index (χ4n) is 0.582. The van der Waals surface area contributed by atoms with Crippen molar-refractivity contribution in [3.8, 4) is 0 Å². The van der Waals surface area contributed by atoms with E-state index < -0.39 is 18.5 Å². The summed E-state index contributed by atoms with van der Waals surface area (Å²) in [6.45, 7) is -0.419. The molecule has 1 amide bonds. The number of rotatable bonds is 3. The van der Waals surface area contributed by atoms with Gasteiger partial charge in [0.2, 0.25) is 0 Å². The minimum atomic E-state index is -0.692. The summed E-state index contributed by atoms with van der Waals surface area (Å²) in [5.74, 6) is -1.34. The molecule has 3 N–H and O–H groups in total. The van der Waals surface area contributed by atoms with Gasteiger partial charge in [-0.3, -0.25) is 4.79 Å². The highest BCUT2D eigenvalue weighted by molar-refractivity contribution is 5.88. The minimum Gasteiger partial charge on any atom is -0.451 e. The molecule has 0 unspecified atom stereocenters. The van der Waals surface area contributed by atoms with Gasteiger partial charge in [-0.25, -0.2) is 9.78 Å². The third-order valence-corrected chi connectivity index (χ3v) is 1.06. The number of nitrogens with two attached hydrogens (primary N) is 1. The van der Waals surface area contributed by atoms with Crippen molar-refractivity contribution in [2.45, 2.75) is 0 Å². The maximum atomic E-state index is 10.9. The summed E-state index contributed by atoms with van der Waals surface area (Å²) in [5, 5.41) is 0. The Kier molecular flexibility index (Phi) is 2.42. The second kappa shape index (κ2) is 3.51. The third-order valence-electron chi connectivity index (χ3n) is 1.06. The van der Waals surface area contributed by atoms with Crippen LogP contribution in [0.25, 0.3) is 0 Å². The summed E-state index contributed by atoms with van der Waals surface area (Å²) in [6, 6.07) is 0. The van der Waals surface area contributed by atoms with Crippen molar-refractivity contribution in [1.29, 1.82) is 0 Å². The van der Waals surface area contributed by atoms with Crippen LogP contribution in [0.4, 0.5) is 0 Å². The molecule has 0 aliphatic carbocycles. The molecule has 1 heterocycles. The molecule has 0 aliphatic heterocycles. The number of primary amides is 1. The van der Waals surface area contributed by atoms with Crippen molar-refractivity contribution >= 4 is 11.9 Å². The Hall–Kier alpha value is -1.85. The highest BCUT2D eigenvalue weighted by Crippen LogP contribution is 1.93. The Morgan fingerprint density at radius 1 is 1.67 bits per heavy atom. The second-order valence-electron chi connectivity index (χ2n) is 2.01. The van der Waals surface area contributed by atoms with E-state index in [9.17, 15) is 9.59 Å². The number of hydrogen-bond donors (Lipinski definition) is 2. The maximum absolute atomic E-state index is 10.9. The number of carbonyl (C=O) groups excluding carboxylic acids is 2. The highest BCUT2D eigenvalue weighted by Gasteiger charge is 2.08. The van der Waals surface area contributed by atoms with E-state index in [4.69, 9.17) is 5.73 Å². The number of imidazole rings is 1. The van der Waals surface area contributed by atoms with Crippen LogP contribution in [0.5, 0.6) is 0 Å². The van der Waals surface area contributed by atoms with Gasteiger partial charge in [0.05, 0.1) is 12.5 Å². The molecule has 0 spiro atoms. The Morgan fingerprint density at radius 3 is 2.92 bits per heavy atom. The molecule has 0 aliphatic rings. The van der Waals surface area contributed by atoms with Crippen LogP contribution < -0.4 is 5.73 Å². The number of carbonyl (C=O) groups is 2. The van der Waals surface area contributed by atoms with E-state index in [2.05, 4.69) is 14.7 Å². The van der Waals surface area contributed by atoms with Crippen molar-refractivity contribution in [1.82, 2.24) is 9.97 Å². The minimum absolute atomic E-state index is 0.191. The van der Waals surface area contributed by atoms with Crippen molar-refractivity contribution in [2.75, 3.05) is 6.61 Å². The van der Waals surface area contributed by atoms with Gasteiger partial charge >= 0.3 is 5.97 Å². The van der Waals surface area contributed by atoms with Crippen LogP contribution in [0, 0.1) is 0 Å². The number of nitrogens with one attached hydrogen (secondary N) is 1. The normalized spacial score (nSPS) is 9.33. The topological polar surface area (TPSA) is 98.1 Å². The first kappa shape index (κ1) is 8.25. The molecular weight excluding hydrogens is 162 g/mol. The molecule has 0 aromatic carbocycles. The van der Waals surface area contributed by atoms with Gasteiger partial charge in [0, 0.05) is 0 Å². The first-order valence-electron chi connectivity index (χ1n) is 3.14. The number of nitrogens with zero attached hydrogens (tertiary/aromatic N) is 1. The summed E-state index contributed by atoms with van der Waals surface area (Å²) in [7, 11) is 0.